The summed E-state index contributed by atoms with van der Waals surface area (Å²) in [4.78, 5) is 29.2. The summed E-state index contributed by atoms with van der Waals surface area (Å²) < 4.78 is 0. The van der Waals surface area contributed by atoms with Crippen molar-refractivity contribution in [3.63, 3.8) is 0 Å². The molecule has 1 saturated heterocycles. The van der Waals surface area contributed by atoms with Crippen molar-refractivity contribution in [2.45, 2.75) is 19.3 Å². The van der Waals surface area contributed by atoms with Crippen LogP contribution in [0, 0.1) is 5.92 Å². The van der Waals surface area contributed by atoms with E-state index in [0.29, 0.717) is 43.4 Å². The van der Waals surface area contributed by atoms with Gasteiger partial charge in [0, 0.05) is 37.8 Å². The van der Waals surface area contributed by atoms with Crippen LogP contribution >= 0.6 is 11.6 Å². The number of aryl methyl sites for hydroxylation is 1. The molecule has 0 bridgehead atoms. The lowest BCUT2D eigenvalue weighted by molar-refractivity contribution is -0.137. The largest absolute Gasteiger partial charge is 0.340 e. The highest BCUT2D eigenvalue weighted by Gasteiger charge is 2.31. The Morgan fingerprint density at radius 3 is 2.79 bits per heavy atom. The number of amides is 2. The lowest BCUT2D eigenvalue weighted by Gasteiger charge is -2.36. The van der Waals surface area contributed by atoms with E-state index in [2.05, 4.69) is 20.4 Å². The molecule has 2 N–H and O–H groups in total. The van der Waals surface area contributed by atoms with Gasteiger partial charge in [0.15, 0.2) is 0 Å². The van der Waals surface area contributed by atoms with Gasteiger partial charge in [0.25, 0.3) is 0 Å². The van der Waals surface area contributed by atoms with E-state index in [-0.39, 0.29) is 17.7 Å². The highest BCUT2D eigenvalue weighted by Crippen LogP contribution is 2.26. The summed E-state index contributed by atoms with van der Waals surface area (Å²) in [5.41, 5.74) is 2.96. The zero-order chi connectivity index (χ0) is 19.5. The second-order valence-electron chi connectivity index (χ2n) is 7.44. The minimum Gasteiger partial charge on any atom is -0.340 e. The molecule has 148 valence electrons. The van der Waals surface area contributed by atoms with E-state index in [1.165, 1.54) is 11.3 Å². The first kappa shape index (κ1) is 19.0. The van der Waals surface area contributed by atoms with E-state index in [1.807, 2.05) is 23.2 Å². The second kappa shape index (κ2) is 8.32. The van der Waals surface area contributed by atoms with E-state index in [4.69, 9.17) is 11.6 Å². The van der Waals surface area contributed by atoms with E-state index in [0.717, 1.165) is 19.3 Å². The number of H-pyrrole nitrogens is 1. The van der Waals surface area contributed by atoms with Crippen LogP contribution in [0.1, 0.15) is 17.7 Å². The van der Waals surface area contributed by atoms with Crippen molar-refractivity contribution in [2.75, 3.05) is 38.0 Å². The summed E-state index contributed by atoms with van der Waals surface area (Å²) in [5.74, 6) is 0.180. The molecule has 0 unspecified atom stereocenters. The third-order valence-electron chi connectivity index (χ3n) is 5.56. The molecule has 2 aliphatic rings. The molecule has 1 atom stereocenters. The van der Waals surface area contributed by atoms with Crippen molar-refractivity contribution >= 4 is 29.1 Å². The number of nitrogens with one attached hydrogen (secondary N) is 2. The highest BCUT2D eigenvalue weighted by molar-refractivity contribution is 6.33. The Labute approximate surface area is 169 Å². The number of aromatic nitrogens is 2. The number of halogens is 1. The van der Waals surface area contributed by atoms with E-state index in [1.54, 1.807) is 12.1 Å². The first-order valence-corrected chi connectivity index (χ1v) is 10.0. The summed E-state index contributed by atoms with van der Waals surface area (Å²) in [5, 5.41) is 10.5. The van der Waals surface area contributed by atoms with E-state index >= 15 is 0 Å². The molecule has 1 aliphatic heterocycles. The topological polar surface area (TPSA) is 81.3 Å². The zero-order valence-electron chi connectivity index (χ0n) is 15.7. The molecule has 0 radical (unpaired) electrons. The first-order valence-electron chi connectivity index (χ1n) is 9.67. The van der Waals surface area contributed by atoms with Crippen LogP contribution in [0.5, 0.6) is 0 Å². The number of hydrogen-bond donors (Lipinski definition) is 2. The maximum Gasteiger partial charge on any atom is 0.238 e. The van der Waals surface area contributed by atoms with Gasteiger partial charge in [0.1, 0.15) is 0 Å². The zero-order valence-corrected chi connectivity index (χ0v) is 16.4. The third-order valence-corrected chi connectivity index (χ3v) is 5.89. The number of anilines is 1. The molecule has 7 nitrogen and oxygen atoms in total. The SMILES string of the molecule is O=C(CN1CCN(C(=O)[C@H]2CCc3[nH]ncc3C2)CC1)Nc1ccccc1Cl. The van der Waals surface area contributed by atoms with Crippen molar-refractivity contribution < 1.29 is 9.59 Å². The van der Waals surface area contributed by atoms with Gasteiger partial charge in [-0.1, -0.05) is 23.7 Å². The Bertz CT molecular complexity index is 860. The van der Waals surface area contributed by atoms with Gasteiger partial charge in [-0.25, -0.2) is 0 Å². The molecule has 8 heteroatoms. The fraction of sp³-hybridized carbons (Fsp3) is 0.450. The average Bonchev–Trinajstić information content (AvgIpc) is 3.17. The number of nitrogens with zero attached hydrogens (tertiary/aromatic N) is 3. The molecule has 1 aromatic heterocycles. The lowest BCUT2D eigenvalue weighted by atomic mass is 9.87. The molecule has 28 heavy (non-hydrogen) atoms. The van der Waals surface area contributed by atoms with Gasteiger partial charge in [-0.3, -0.25) is 19.6 Å². The maximum atomic E-state index is 12.9. The number of fused-ring (bicyclic) bond motifs is 1. The van der Waals surface area contributed by atoms with E-state index < -0.39 is 0 Å². The van der Waals surface area contributed by atoms with Gasteiger partial charge in [-0.15, -0.1) is 0 Å². The minimum atomic E-state index is -0.0901. The summed E-state index contributed by atoms with van der Waals surface area (Å²) in [7, 11) is 0. The van der Waals surface area contributed by atoms with Crippen molar-refractivity contribution in [1.82, 2.24) is 20.0 Å². The molecular formula is C20H24ClN5O2. The smallest absolute Gasteiger partial charge is 0.238 e. The van der Waals surface area contributed by atoms with Crippen molar-refractivity contribution in [2.24, 2.45) is 5.92 Å². The fourth-order valence-corrected chi connectivity index (χ4v) is 4.15. The maximum absolute atomic E-state index is 12.9. The van der Waals surface area contributed by atoms with Crippen molar-refractivity contribution in [3.05, 3.63) is 46.7 Å². The molecule has 0 spiro atoms. The monoisotopic (exact) mass is 401 g/mol. The van der Waals surface area contributed by atoms with Crippen LogP contribution in [-0.4, -0.2) is 64.5 Å². The Morgan fingerprint density at radius 1 is 1.21 bits per heavy atom. The van der Waals surface area contributed by atoms with Crippen LogP contribution in [0.4, 0.5) is 5.69 Å². The van der Waals surface area contributed by atoms with Gasteiger partial charge in [-0.05, 0) is 37.0 Å². The lowest BCUT2D eigenvalue weighted by Crippen LogP contribution is -2.52. The normalized spacial score (nSPS) is 19.9. The number of rotatable bonds is 4. The quantitative estimate of drug-likeness (QED) is 0.820. The van der Waals surface area contributed by atoms with Crippen molar-refractivity contribution in [3.8, 4) is 0 Å². The molecule has 1 fully saturated rings. The molecular weight excluding hydrogens is 378 g/mol. The van der Waals surface area contributed by atoms with Crippen LogP contribution in [-0.2, 0) is 22.4 Å². The minimum absolute atomic E-state index is 0.0418. The number of para-hydroxylation sites is 1. The van der Waals surface area contributed by atoms with Crippen LogP contribution in [0.25, 0.3) is 0 Å². The molecule has 2 aromatic rings. The van der Waals surface area contributed by atoms with Gasteiger partial charge >= 0.3 is 0 Å². The number of carbonyl (C=O) groups is 2. The van der Waals surface area contributed by atoms with Crippen LogP contribution in [0.3, 0.4) is 0 Å². The number of carbonyl (C=O) groups excluding carboxylic acids is 2. The Morgan fingerprint density at radius 2 is 2.00 bits per heavy atom. The summed E-state index contributed by atoms with van der Waals surface area (Å²) in [6.07, 6.45) is 4.36. The second-order valence-corrected chi connectivity index (χ2v) is 7.85. The predicted molar refractivity (Wildman–Crippen MR) is 107 cm³/mol. The average molecular weight is 402 g/mol. The molecule has 1 aromatic carbocycles. The molecule has 1 aliphatic carbocycles. The standard InChI is InChI=1S/C20H24ClN5O2/c21-16-3-1-2-4-18(16)23-19(27)13-25-7-9-26(10-8-25)20(28)14-5-6-17-15(11-14)12-22-24-17/h1-4,12,14H,5-11,13H2,(H,22,24)(H,23,27)/t14-/m0/s1. The molecule has 4 rings (SSSR count). The Kier molecular flexibility index (Phi) is 5.64. The summed E-state index contributed by atoms with van der Waals surface area (Å²) in [6, 6.07) is 7.20. The Balaban J connectivity index is 1.25. The fourth-order valence-electron chi connectivity index (χ4n) is 3.97. The highest BCUT2D eigenvalue weighted by atomic mass is 35.5. The number of hydrogen-bond acceptors (Lipinski definition) is 4. The van der Waals surface area contributed by atoms with Gasteiger partial charge in [0.05, 0.1) is 23.5 Å². The Hall–Kier alpha value is -2.38. The molecule has 0 saturated carbocycles. The van der Waals surface area contributed by atoms with Crippen LogP contribution in [0.15, 0.2) is 30.5 Å². The third kappa shape index (κ3) is 4.20. The number of benzene rings is 1. The van der Waals surface area contributed by atoms with E-state index in [9.17, 15) is 9.59 Å². The summed E-state index contributed by atoms with van der Waals surface area (Å²) in [6.45, 7) is 3.02. The van der Waals surface area contributed by atoms with Gasteiger partial charge in [0.2, 0.25) is 11.8 Å². The van der Waals surface area contributed by atoms with Crippen LogP contribution in [0.2, 0.25) is 5.02 Å². The molecule has 2 amide bonds. The summed E-state index contributed by atoms with van der Waals surface area (Å²) >= 11 is 6.08. The van der Waals surface area contributed by atoms with Crippen molar-refractivity contribution in [1.29, 1.82) is 0 Å². The van der Waals surface area contributed by atoms with Gasteiger partial charge in [-0.2, -0.15) is 5.10 Å². The predicted octanol–water partition coefficient (Wildman–Crippen LogP) is 1.95. The number of piperazine rings is 1. The molecule has 2 heterocycles. The first-order chi connectivity index (χ1) is 13.6. The van der Waals surface area contributed by atoms with Crippen LogP contribution < -0.4 is 5.32 Å². The number of aromatic amines is 1. The van der Waals surface area contributed by atoms with Gasteiger partial charge < -0.3 is 10.2 Å².